The van der Waals surface area contributed by atoms with E-state index in [-0.39, 0.29) is 19.1 Å². The van der Waals surface area contributed by atoms with E-state index in [0.29, 0.717) is 19.3 Å². The maximum absolute atomic E-state index is 12.2. The van der Waals surface area contributed by atoms with E-state index in [0.717, 1.165) is 6.26 Å². The van der Waals surface area contributed by atoms with Crippen LogP contribution in [0.25, 0.3) is 0 Å². The third kappa shape index (κ3) is 5.90. The topological polar surface area (TPSA) is 88.1 Å². The SMILES string of the molecule is CCOC(=O)C1(OOC(C)C)CCCC(OS(C)(=O)=O)C1. The van der Waals surface area contributed by atoms with Crippen molar-refractivity contribution in [1.29, 1.82) is 0 Å². The zero-order valence-corrected chi connectivity index (χ0v) is 13.8. The molecule has 0 radical (unpaired) electrons. The second-order valence-electron chi connectivity index (χ2n) is 5.46. The Balaban J connectivity index is 2.86. The Hall–Kier alpha value is -0.700. The Kier molecular flexibility index (Phi) is 6.58. The van der Waals surface area contributed by atoms with Crippen molar-refractivity contribution in [1.82, 2.24) is 0 Å². The average molecular weight is 324 g/mol. The fourth-order valence-electron chi connectivity index (χ4n) is 2.26. The predicted octanol–water partition coefficient (Wildman–Crippen LogP) is 1.56. The van der Waals surface area contributed by atoms with Gasteiger partial charge in [-0.2, -0.15) is 8.42 Å². The molecule has 1 aliphatic carbocycles. The lowest BCUT2D eigenvalue weighted by atomic mass is 9.83. The van der Waals surface area contributed by atoms with Gasteiger partial charge in [0.25, 0.3) is 10.1 Å². The van der Waals surface area contributed by atoms with E-state index in [1.165, 1.54) is 0 Å². The molecule has 0 bridgehead atoms. The lowest BCUT2D eigenvalue weighted by molar-refractivity contribution is -0.379. The Labute approximate surface area is 125 Å². The minimum absolute atomic E-state index is 0.0889. The van der Waals surface area contributed by atoms with E-state index in [1.54, 1.807) is 20.8 Å². The van der Waals surface area contributed by atoms with Crippen molar-refractivity contribution in [2.45, 2.75) is 64.3 Å². The van der Waals surface area contributed by atoms with Gasteiger partial charge in [-0.3, -0.25) is 4.18 Å². The minimum Gasteiger partial charge on any atom is -0.464 e. The number of ether oxygens (including phenoxy) is 1. The van der Waals surface area contributed by atoms with Crippen molar-refractivity contribution in [2.24, 2.45) is 0 Å². The number of carbonyl (C=O) groups excluding carboxylic acids is 1. The van der Waals surface area contributed by atoms with Crippen LogP contribution in [-0.2, 0) is 33.6 Å². The number of rotatable bonds is 7. The Bertz CT molecular complexity index is 445. The van der Waals surface area contributed by atoms with Crippen LogP contribution in [0.3, 0.4) is 0 Å². The van der Waals surface area contributed by atoms with Gasteiger partial charge in [0.1, 0.15) is 0 Å². The van der Waals surface area contributed by atoms with Gasteiger partial charge >= 0.3 is 5.97 Å². The van der Waals surface area contributed by atoms with Crippen LogP contribution in [0.5, 0.6) is 0 Å². The molecule has 0 N–H and O–H groups in total. The molecule has 8 heteroatoms. The Morgan fingerprint density at radius 3 is 2.57 bits per heavy atom. The van der Waals surface area contributed by atoms with E-state index in [4.69, 9.17) is 18.7 Å². The van der Waals surface area contributed by atoms with E-state index in [9.17, 15) is 13.2 Å². The first-order valence-electron chi connectivity index (χ1n) is 7.08. The van der Waals surface area contributed by atoms with Gasteiger partial charge in [0.15, 0.2) is 0 Å². The number of hydrogen-bond donors (Lipinski definition) is 0. The van der Waals surface area contributed by atoms with Gasteiger partial charge in [0.2, 0.25) is 5.60 Å². The van der Waals surface area contributed by atoms with Crippen molar-refractivity contribution in [2.75, 3.05) is 12.9 Å². The molecule has 0 aliphatic heterocycles. The highest BCUT2D eigenvalue weighted by atomic mass is 32.2. The molecule has 7 nitrogen and oxygen atoms in total. The highest BCUT2D eigenvalue weighted by Crippen LogP contribution is 2.35. The summed E-state index contributed by atoms with van der Waals surface area (Å²) < 4.78 is 32.6. The van der Waals surface area contributed by atoms with Gasteiger partial charge in [0, 0.05) is 6.42 Å². The second-order valence-corrected chi connectivity index (χ2v) is 7.06. The van der Waals surface area contributed by atoms with Gasteiger partial charge in [-0.05, 0) is 40.0 Å². The molecule has 0 aromatic heterocycles. The molecule has 2 unspecified atom stereocenters. The minimum atomic E-state index is -3.59. The molecule has 0 saturated heterocycles. The van der Waals surface area contributed by atoms with Crippen molar-refractivity contribution in [3.63, 3.8) is 0 Å². The lowest BCUT2D eigenvalue weighted by Gasteiger charge is -2.36. The van der Waals surface area contributed by atoms with Crippen LogP contribution in [0.15, 0.2) is 0 Å². The maximum atomic E-state index is 12.2. The zero-order valence-electron chi connectivity index (χ0n) is 13.0. The maximum Gasteiger partial charge on any atom is 0.341 e. The first-order valence-corrected chi connectivity index (χ1v) is 8.90. The van der Waals surface area contributed by atoms with Crippen LogP contribution in [0.4, 0.5) is 0 Å². The molecule has 2 atom stereocenters. The number of carbonyl (C=O) groups is 1. The third-order valence-electron chi connectivity index (χ3n) is 3.02. The summed E-state index contributed by atoms with van der Waals surface area (Å²) in [6, 6.07) is 0. The molecule has 21 heavy (non-hydrogen) atoms. The summed E-state index contributed by atoms with van der Waals surface area (Å²) in [6.45, 7) is 5.45. The highest BCUT2D eigenvalue weighted by Gasteiger charge is 2.48. The van der Waals surface area contributed by atoms with E-state index in [2.05, 4.69) is 0 Å². The summed E-state index contributed by atoms with van der Waals surface area (Å²) in [7, 11) is -3.59. The van der Waals surface area contributed by atoms with Gasteiger partial charge in [-0.1, -0.05) is 0 Å². The smallest absolute Gasteiger partial charge is 0.341 e. The quantitative estimate of drug-likeness (QED) is 0.304. The van der Waals surface area contributed by atoms with Crippen LogP contribution in [-0.4, -0.2) is 45.1 Å². The zero-order chi connectivity index (χ0) is 16.1. The Morgan fingerprint density at radius 1 is 1.38 bits per heavy atom. The molecule has 124 valence electrons. The van der Waals surface area contributed by atoms with Crippen LogP contribution >= 0.6 is 0 Å². The largest absolute Gasteiger partial charge is 0.464 e. The summed E-state index contributed by atoms with van der Waals surface area (Å²) in [4.78, 5) is 22.7. The molecule has 0 spiro atoms. The van der Waals surface area contributed by atoms with Crippen LogP contribution in [0.1, 0.15) is 46.5 Å². The molecule has 0 amide bonds. The predicted molar refractivity (Wildman–Crippen MR) is 74.9 cm³/mol. The fraction of sp³-hybridized carbons (Fsp3) is 0.923. The fourth-order valence-corrected chi connectivity index (χ4v) is 2.92. The molecule has 0 aromatic rings. The normalized spacial score (nSPS) is 26.8. The summed E-state index contributed by atoms with van der Waals surface area (Å²) >= 11 is 0. The molecule has 0 aromatic carbocycles. The number of esters is 1. The van der Waals surface area contributed by atoms with E-state index >= 15 is 0 Å². The van der Waals surface area contributed by atoms with Crippen molar-refractivity contribution in [3.05, 3.63) is 0 Å². The molecule has 0 heterocycles. The third-order valence-corrected chi connectivity index (χ3v) is 3.64. The summed E-state index contributed by atoms with van der Waals surface area (Å²) in [5.74, 6) is -0.549. The first kappa shape index (κ1) is 18.3. The molecule has 1 aliphatic rings. The van der Waals surface area contributed by atoms with E-state index < -0.39 is 27.8 Å². The summed E-state index contributed by atoms with van der Waals surface area (Å²) in [5.41, 5.74) is -1.31. The van der Waals surface area contributed by atoms with Crippen LogP contribution < -0.4 is 0 Å². The first-order chi connectivity index (χ1) is 9.68. The molecular formula is C13H24O7S. The van der Waals surface area contributed by atoms with Crippen LogP contribution in [0.2, 0.25) is 0 Å². The Morgan fingerprint density at radius 2 is 2.05 bits per heavy atom. The van der Waals surface area contributed by atoms with Crippen molar-refractivity contribution in [3.8, 4) is 0 Å². The van der Waals surface area contributed by atoms with Gasteiger partial charge in [-0.15, -0.1) is 0 Å². The van der Waals surface area contributed by atoms with Crippen molar-refractivity contribution >= 4 is 16.1 Å². The molecular weight excluding hydrogens is 300 g/mol. The van der Waals surface area contributed by atoms with E-state index in [1.807, 2.05) is 0 Å². The highest BCUT2D eigenvalue weighted by molar-refractivity contribution is 7.86. The van der Waals surface area contributed by atoms with Crippen molar-refractivity contribution < 1.29 is 31.9 Å². The average Bonchev–Trinajstić information content (AvgIpc) is 2.35. The molecule has 1 fully saturated rings. The molecule has 1 rings (SSSR count). The molecule has 1 saturated carbocycles. The van der Waals surface area contributed by atoms with Gasteiger partial charge in [0.05, 0.1) is 25.1 Å². The monoisotopic (exact) mass is 324 g/mol. The number of hydrogen-bond acceptors (Lipinski definition) is 7. The standard InChI is InChI=1S/C13H24O7S/c1-5-17-12(14)13(20-18-10(2)3)8-6-7-11(9-13)19-21(4,15)16/h10-11H,5-9H2,1-4H3. The van der Waals surface area contributed by atoms with Crippen LogP contribution in [0, 0.1) is 0 Å². The lowest BCUT2D eigenvalue weighted by Crippen LogP contribution is -2.49. The summed E-state index contributed by atoms with van der Waals surface area (Å²) in [6.07, 6.45) is 1.76. The second kappa shape index (κ2) is 7.53. The van der Waals surface area contributed by atoms with Gasteiger partial charge < -0.3 is 4.74 Å². The van der Waals surface area contributed by atoms with Gasteiger partial charge in [-0.25, -0.2) is 14.6 Å². The summed E-state index contributed by atoms with van der Waals surface area (Å²) in [5, 5.41) is 0.